The van der Waals surface area contributed by atoms with Crippen LogP contribution in [0.15, 0.2) is 29.2 Å². The Hall–Kier alpha value is -1.40. The number of rotatable bonds is 7. The molecule has 0 amide bonds. The number of carboxylic acids is 1. The van der Waals surface area contributed by atoms with E-state index in [2.05, 4.69) is 0 Å². The Kier molecular flexibility index (Phi) is 5.92. The SMILES string of the molecule is CCC(C)N(CC(=O)O)S(=O)(=O)c1ccc(C(C)C)cc1. The molecule has 0 spiro atoms. The Morgan fingerprint density at radius 2 is 1.71 bits per heavy atom. The van der Waals surface area contributed by atoms with E-state index in [1.807, 2.05) is 20.8 Å². The van der Waals surface area contributed by atoms with Gasteiger partial charge < -0.3 is 5.11 Å². The number of carboxylic acid groups (broad SMARTS) is 1. The predicted molar refractivity (Wildman–Crippen MR) is 81.8 cm³/mol. The molecule has 118 valence electrons. The molecule has 0 aliphatic rings. The van der Waals surface area contributed by atoms with E-state index in [0.29, 0.717) is 12.3 Å². The molecule has 1 aromatic rings. The third-order valence-electron chi connectivity index (χ3n) is 3.53. The lowest BCUT2D eigenvalue weighted by Crippen LogP contribution is -2.41. The quantitative estimate of drug-likeness (QED) is 0.840. The van der Waals surface area contributed by atoms with E-state index in [4.69, 9.17) is 5.11 Å². The van der Waals surface area contributed by atoms with Gasteiger partial charge in [-0.3, -0.25) is 4.79 Å². The maximum Gasteiger partial charge on any atom is 0.318 e. The molecule has 21 heavy (non-hydrogen) atoms. The molecule has 1 unspecified atom stereocenters. The number of carbonyl (C=O) groups is 1. The van der Waals surface area contributed by atoms with Crippen molar-refractivity contribution in [3.05, 3.63) is 29.8 Å². The van der Waals surface area contributed by atoms with Gasteiger partial charge in [-0.25, -0.2) is 8.42 Å². The minimum absolute atomic E-state index is 0.133. The normalized spacial score (nSPS) is 13.6. The molecule has 0 aliphatic carbocycles. The van der Waals surface area contributed by atoms with Crippen LogP contribution in [0.1, 0.15) is 45.6 Å². The largest absolute Gasteiger partial charge is 0.480 e. The first-order valence-corrected chi connectivity index (χ1v) is 8.47. The zero-order valence-corrected chi connectivity index (χ0v) is 13.7. The standard InChI is InChI=1S/C15H23NO4S/c1-5-12(4)16(10-15(17)18)21(19,20)14-8-6-13(7-9-14)11(2)3/h6-9,11-12H,5,10H2,1-4H3,(H,17,18). The molecule has 0 heterocycles. The maximum atomic E-state index is 12.6. The maximum absolute atomic E-state index is 12.6. The smallest absolute Gasteiger partial charge is 0.318 e. The van der Waals surface area contributed by atoms with Crippen LogP contribution in [0.25, 0.3) is 0 Å². The first-order chi connectivity index (χ1) is 9.70. The van der Waals surface area contributed by atoms with E-state index < -0.39 is 22.5 Å². The molecular weight excluding hydrogens is 290 g/mol. The van der Waals surface area contributed by atoms with Gasteiger partial charge in [-0.05, 0) is 37.0 Å². The number of sulfonamides is 1. The van der Waals surface area contributed by atoms with Gasteiger partial charge in [0.25, 0.3) is 0 Å². The Labute approximate surface area is 126 Å². The van der Waals surface area contributed by atoms with Gasteiger partial charge in [-0.15, -0.1) is 0 Å². The van der Waals surface area contributed by atoms with Gasteiger partial charge in [0.05, 0.1) is 4.90 Å². The minimum atomic E-state index is -3.80. The van der Waals surface area contributed by atoms with Crippen LogP contribution in [0.5, 0.6) is 0 Å². The average molecular weight is 313 g/mol. The third-order valence-corrected chi connectivity index (χ3v) is 5.50. The molecule has 1 N–H and O–H groups in total. The van der Waals surface area contributed by atoms with E-state index in [-0.39, 0.29) is 10.9 Å². The Morgan fingerprint density at radius 1 is 1.19 bits per heavy atom. The Balaban J connectivity index is 3.18. The first-order valence-electron chi connectivity index (χ1n) is 7.03. The van der Waals surface area contributed by atoms with Gasteiger partial charge in [-0.1, -0.05) is 32.9 Å². The zero-order valence-electron chi connectivity index (χ0n) is 12.9. The van der Waals surface area contributed by atoms with Crippen molar-refractivity contribution in [2.75, 3.05) is 6.54 Å². The number of nitrogens with zero attached hydrogens (tertiary/aromatic N) is 1. The number of hydrogen-bond donors (Lipinski definition) is 1. The molecule has 5 nitrogen and oxygen atoms in total. The van der Waals surface area contributed by atoms with Gasteiger partial charge in [-0.2, -0.15) is 4.31 Å². The highest BCUT2D eigenvalue weighted by molar-refractivity contribution is 7.89. The van der Waals surface area contributed by atoms with Crippen LogP contribution in [-0.2, 0) is 14.8 Å². The summed E-state index contributed by atoms with van der Waals surface area (Å²) in [5, 5.41) is 8.95. The number of benzene rings is 1. The summed E-state index contributed by atoms with van der Waals surface area (Å²) in [5.41, 5.74) is 1.04. The lowest BCUT2D eigenvalue weighted by Gasteiger charge is -2.26. The third kappa shape index (κ3) is 4.28. The molecule has 0 saturated carbocycles. The summed E-state index contributed by atoms with van der Waals surface area (Å²) in [6.45, 7) is 7.07. The molecule has 6 heteroatoms. The van der Waals surface area contributed by atoms with Crippen LogP contribution in [0.3, 0.4) is 0 Å². The number of aliphatic carboxylic acids is 1. The van der Waals surface area contributed by atoms with Crippen LogP contribution < -0.4 is 0 Å². The lowest BCUT2D eigenvalue weighted by atomic mass is 10.0. The van der Waals surface area contributed by atoms with Crippen molar-refractivity contribution < 1.29 is 18.3 Å². The zero-order chi connectivity index (χ0) is 16.2. The second-order valence-electron chi connectivity index (χ2n) is 5.43. The van der Waals surface area contributed by atoms with Crippen molar-refractivity contribution in [1.29, 1.82) is 0 Å². The summed E-state index contributed by atoms with van der Waals surface area (Å²) in [4.78, 5) is 11.1. The van der Waals surface area contributed by atoms with Crippen LogP contribution >= 0.6 is 0 Å². The number of hydrogen-bond acceptors (Lipinski definition) is 3. The average Bonchev–Trinajstić information content (AvgIpc) is 2.43. The molecule has 0 aliphatic heterocycles. The fraction of sp³-hybridized carbons (Fsp3) is 0.533. The van der Waals surface area contributed by atoms with Crippen molar-refractivity contribution in [1.82, 2.24) is 4.31 Å². The van der Waals surface area contributed by atoms with Gasteiger partial charge in [0.15, 0.2) is 0 Å². The van der Waals surface area contributed by atoms with E-state index in [1.165, 1.54) is 0 Å². The lowest BCUT2D eigenvalue weighted by molar-refractivity contribution is -0.137. The molecule has 1 rings (SSSR count). The highest BCUT2D eigenvalue weighted by Gasteiger charge is 2.30. The fourth-order valence-electron chi connectivity index (χ4n) is 1.97. The molecule has 1 aromatic carbocycles. The van der Waals surface area contributed by atoms with Crippen LogP contribution in [0, 0.1) is 0 Å². The summed E-state index contributed by atoms with van der Waals surface area (Å²) >= 11 is 0. The molecule has 0 radical (unpaired) electrons. The summed E-state index contributed by atoms with van der Waals surface area (Å²) in [5.74, 6) is -0.843. The van der Waals surface area contributed by atoms with Gasteiger partial charge >= 0.3 is 5.97 Å². The van der Waals surface area contributed by atoms with Crippen LogP contribution in [0.4, 0.5) is 0 Å². The van der Waals surface area contributed by atoms with Crippen molar-refractivity contribution in [3.8, 4) is 0 Å². The van der Waals surface area contributed by atoms with E-state index in [1.54, 1.807) is 31.2 Å². The molecule has 0 saturated heterocycles. The molecule has 0 bridgehead atoms. The monoisotopic (exact) mass is 313 g/mol. The van der Waals surface area contributed by atoms with E-state index >= 15 is 0 Å². The topological polar surface area (TPSA) is 74.7 Å². The van der Waals surface area contributed by atoms with E-state index in [0.717, 1.165) is 9.87 Å². The summed E-state index contributed by atoms with van der Waals surface area (Å²) in [6, 6.07) is 6.26. The molecule has 0 aromatic heterocycles. The van der Waals surface area contributed by atoms with Gasteiger partial charge in [0, 0.05) is 6.04 Å². The highest BCUT2D eigenvalue weighted by Crippen LogP contribution is 2.22. The van der Waals surface area contributed by atoms with Crippen LogP contribution in [-0.4, -0.2) is 36.4 Å². The molecule has 0 fully saturated rings. The van der Waals surface area contributed by atoms with Gasteiger partial charge in [0.2, 0.25) is 10.0 Å². The Bertz CT molecular complexity index is 578. The van der Waals surface area contributed by atoms with E-state index in [9.17, 15) is 13.2 Å². The predicted octanol–water partition coefficient (Wildman–Crippen LogP) is 2.68. The van der Waals surface area contributed by atoms with Crippen molar-refractivity contribution in [2.24, 2.45) is 0 Å². The van der Waals surface area contributed by atoms with Crippen molar-refractivity contribution in [2.45, 2.75) is 51.0 Å². The summed E-state index contributed by atoms with van der Waals surface area (Å²) < 4.78 is 26.3. The van der Waals surface area contributed by atoms with Gasteiger partial charge in [0.1, 0.15) is 6.54 Å². The molecule has 1 atom stereocenters. The highest BCUT2D eigenvalue weighted by atomic mass is 32.2. The summed E-state index contributed by atoms with van der Waals surface area (Å²) in [6.07, 6.45) is 0.552. The second kappa shape index (κ2) is 7.04. The Morgan fingerprint density at radius 3 is 2.10 bits per heavy atom. The molecular formula is C15H23NO4S. The van der Waals surface area contributed by atoms with Crippen molar-refractivity contribution >= 4 is 16.0 Å². The second-order valence-corrected chi connectivity index (χ2v) is 7.32. The minimum Gasteiger partial charge on any atom is -0.480 e. The fourth-order valence-corrected chi connectivity index (χ4v) is 3.63. The first kappa shape index (κ1) is 17.7. The van der Waals surface area contributed by atoms with Crippen LogP contribution in [0.2, 0.25) is 0 Å². The summed E-state index contributed by atoms with van der Waals surface area (Å²) in [7, 11) is -3.80. The van der Waals surface area contributed by atoms with Crippen molar-refractivity contribution in [3.63, 3.8) is 0 Å².